The van der Waals surface area contributed by atoms with Crippen LogP contribution < -0.4 is 4.90 Å². The van der Waals surface area contributed by atoms with Gasteiger partial charge in [-0.3, -0.25) is 14.9 Å². The minimum absolute atomic E-state index is 0.248. The number of hydrogen-bond donors (Lipinski definition) is 1. The Morgan fingerprint density at radius 3 is 2.62 bits per heavy atom. The van der Waals surface area contributed by atoms with Crippen LogP contribution in [0.15, 0.2) is 42.5 Å². The minimum Gasteiger partial charge on any atom is -0.508 e. The minimum atomic E-state index is -0.719. The van der Waals surface area contributed by atoms with E-state index in [0.717, 1.165) is 29.2 Å². The lowest BCUT2D eigenvalue weighted by Gasteiger charge is -2.17. The highest BCUT2D eigenvalue weighted by Gasteiger charge is 2.24. The number of nitro groups is 1. The van der Waals surface area contributed by atoms with Crippen LogP contribution in [0.1, 0.15) is 10.4 Å². The van der Waals surface area contributed by atoms with Gasteiger partial charge in [0.2, 0.25) is 0 Å². The standard InChI is InChI=1S/C14H11FN2O4/c1-16(10-4-2-3-9(15)7-10)14(19)12-8-11(18)5-6-13(12)17(20)21/h2-8,18H,1H3. The Bertz CT molecular complexity index is 718. The Balaban J connectivity index is 2.44. The largest absolute Gasteiger partial charge is 0.508 e. The van der Waals surface area contributed by atoms with Crippen LogP contribution in [-0.2, 0) is 0 Å². The molecule has 0 saturated carbocycles. The summed E-state index contributed by atoms with van der Waals surface area (Å²) in [4.78, 5) is 23.6. The van der Waals surface area contributed by atoms with Crippen molar-refractivity contribution in [1.82, 2.24) is 0 Å². The molecule has 0 fully saturated rings. The van der Waals surface area contributed by atoms with Gasteiger partial charge in [0.25, 0.3) is 11.6 Å². The van der Waals surface area contributed by atoms with Crippen LogP contribution in [-0.4, -0.2) is 23.0 Å². The maximum Gasteiger partial charge on any atom is 0.282 e. The van der Waals surface area contributed by atoms with Gasteiger partial charge in [-0.1, -0.05) is 6.07 Å². The number of nitro benzene ring substituents is 1. The fraction of sp³-hybridized carbons (Fsp3) is 0.0714. The molecule has 0 unspecified atom stereocenters. The molecule has 0 bridgehead atoms. The van der Waals surface area contributed by atoms with Gasteiger partial charge in [-0.05, 0) is 30.3 Å². The molecule has 0 saturated heterocycles. The molecule has 1 N–H and O–H groups in total. The molecule has 2 aromatic rings. The normalized spacial score (nSPS) is 10.2. The van der Waals surface area contributed by atoms with E-state index < -0.39 is 22.3 Å². The number of hydrogen-bond acceptors (Lipinski definition) is 4. The van der Waals surface area contributed by atoms with E-state index in [4.69, 9.17) is 0 Å². The molecule has 0 heterocycles. The van der Waals surface area contributed by atoms with Crippen molar-refractivity contribution in [2.45, 2.75) is 0 Å². The van der Waals surface area contributed by atoms with Gasteiger partial charge in [-0.25, -0.2) is 4.39 Å². The van der Waals surface area contributed by atoms with E-state index in [0.29, 0.717) is 0 Å². The topological polar surface area (TPSA) is 83.7 Å². The first-order valence-electron chi connectivity index (χ1n) is 5.91. The summed E-state index contributed by atoms with van der Waals surface area (Å²) in [5.74, 6) is -1.52. The van der Waals surface area contributed by atoms with E-state index in [1.54, 1.807) is 0 Å². The van der Waals surface area contributed by atoms with E-state index in [2.05, 4.69) is 0 Å². The molecule has 21 heavy (non-hydrogen) atoms. The summed E-state index contributed by atoms with van der Waals surface area (Å²) in [5, 5.41) is 20.4. The predicted octanol–water partition coefficient (Wildman–Crippen LogP) is 2.72. The van der Waals surface area contributed by atoms with Crippen molar-refractivity contribution in [2.24, 2.45) is 0 Å². The quantitative estimate of drug-likeness (QED) is 0.695. The van der Waals surface area contributed by atoms with Gasteiger partial charge >= 0.3 is 0 Å². The molecule has 2 rings (SSSR count). The van der Waals surface area contributed by atoms with Gasteiger partial charge in [0.05, 0.1) is 4.92 Å². The smallest absolute Gasteiger partial charge is 0.282 e. The van der Waals surface area contributed by atoms with E-state index in [9.17, 15) is 24.4 Å². The molecular formula is C14H11FN2O4. The third-order valence-electron chi connectivity index (χ3n) is 2.91. The molecule has 0 atom stereocenters. The Labute approximate surface area is 119 Å². The summed E-state index contributed by atoms with van der Waals surface area (Å²) < 4.78 is 13.2. The summed E-state index contributed by atoms with van der Waals surface area (Å²) in [6.45, 7) is 0. The van der Waals surface area contributed by atoms with Gasteiger partial charge in [0.1, 0.15) is 17.1 Å². The van der Waals surface area contributed by atoms with E-state index in [-0.39, 0.29) is 17.0 Å². The number of carbonyl (C=O) groups excluding carboxylic acids is 1. The number of phenolic OH excluding ortho intramolecular Hbond substituents is 1. The summed E-state index contributed by atoms with van der Waals surface area (Å²) in [6.07, 6.45) is 0. The maximum atomic E-state index is 13.2. The van der Waals surface area contributed by atoms with Crippen molar-refractivity contribution in [3.8, 4) is 5.75 Å². The average molecular weight is 290 g/mol. The van der Waals surface area contributed by atoms with Crippen molar-refractivity contribution in [3.63, 3.8) is 0 Å². The SMILES string of the molecule is CN(C(=O)c1cc(O)ccc1[N+](=O)[O-])c1cccc(F)c1. The zero-order chi connectivity index (χ0) is 15.6. The molecule has 0 aliphatic heterocycles. The molecule has 0 aliphatic carbocycles. The van der Waals surface area contributed by atoms with Gasteiger partial charge in [-0.2, -0.15) is 0 Å². The molecule has 2 aromatic carbocycles. The number of nitrogens with zero attached hydrogens (tertiary/aromatic N) is 2. The molecule has 108 valence electrons. The van der Waals surface area contributed by atoms with Gasteiger partial charge in [0.15, 0.2) is 0 Å². The number of rotatable bonds is 3. The number of halogens is 1. The fourth-order valence-corrected chi connectivity index (χ4v) is 1.84. The number of anilines is 1. The number of benzene rings is 2. The monoisotopic (exact) mass is 290 g/mol. The fourth-order valence-electron chi connectivity index (χ4n) is 1.84. The van der Waals surface area contributed by atoms with Crippen LogP contribution in [0.2, 0.25) is 0 Å². The molecule has 0 aromatic heterocycles. The Morgan fingerprint density at radius 1 is 1.29 bits per heavy atom. The van der Waals surface area contributed by atoms with E-state index in [1.165, 1.54) is 25.2 Å². The van der Waals surface area contributed by atoms with Gasteiger partial charge in [-0.15, -0.1) is 0 Å². The molecule has 7 heteroatoms. The maximum absolute atomic E-state index is 13.2. The van der Waals surface area contributed by atoms with Crippen LogP contribution in [0.4, 0.5) is 15.8 Å². The number of carbonyl (C=O) groups is 1. The summed E-state index contributed by atoms with van der Waals surface area (Å²) >= 11 is 0. The van der Waals surface area contributed by atoms with Crippen molar-refractivity contribution in [1.29, 1.82) is 0 Å². The molecule has 0 spiro atoms. The highest BCUT2D eigenvalue weighted by Crippen LogP contribution is 2.26. The third-order valence-corrected chi connectivity index (χ3v) is 2.91. The Morgan fingerprint density at radius 2 is 2.00 bits per heavy atom. The second kappa shape index (κ2) is 5.58. The first kappa shape index (κ1) is 14.4. The number of phenols is 1. The van der Waals surface area contributed by atoms with Crippen molar-refractivity contribution < 1.29 is 19.2 Å². The molecule has 1 amide bonds. The number of amides is 1. The molecule has 6 nitrogen and oxygen atoms in total. The zero-order valence-corrected chi connectivity index (χ0v) is 11.0. The first-order chi connectivity index (χ1) is 9.90. The molecule has 0 aliphatic rings. The molecular weight excluding hydrogens is 279 g/mol. The second-order valence-corrected chi connectivity index (χ2v) is 4.30. The third kappa shape index (κ3) is 2.97. The van der Waals surface area contributed by atoms with E-state index in [1.807, 2.05) is 0 Å². The van der Waals surface area contributed by atoms with Crippen LogP contribution >= 0.6 is 0 Å². The zero-order valence-electron chi connectivity index (χ0n) is 11.0. The highest BCUT2D eigenvalue weighted by atomic mass is 19.1. The Kier molecular flexibility index (Phi) is 3.84. The first-order valence-corrected chi connectivity index (χ1v) is 5.91. The molecule has 0 radical (unpaired) electrons. The lowest BCUT2D eigenvalue weighted by molar-refractivity contribution is -0.385. The predicted molar refractivity (Wildman–Crippen MR) is 73.9 cm³/mol. The van der Waals surface area contributed by atoms with Crippen molar-refractivity contribution in [2.75, 3.05) is 11.9 Å². The van der Waals surface area contributed by atoms with Crippen LogP contribution in [0.3, 0.4) is 0 Å². The summed E-state index contributed by atoms with van der Waals surface area (Å²) in [7, 11) is 1.37. The second-order valence-electron chi connectivity index (χ2n) is 4.30. The van der Waals surface area contributed by atoms with E-state index >= 15 is 0 Å². The van der Waals surface area contributed by atoms with Crippen LogP contribution in [0.25, 0.3) is 0 Å². The highest BCUT2D eigenvalue weighted by molar-refractivity contribution is 6.08. The Hall–Kier alpha value is -2.96. The van der Waals surface area contributed by atoms with Crippen molar-refractivity contribution >= 4 is 17.3 Å². The summed E-state index contributed by atoms with van der Waals surface area (Å²) in [6, 6.07) is 8.45. The van der Waals surface area contributed by atoms with Crippen LogP contribution in [0.5, 0.6) is 5.75 Å². The number of aromatic hydroxyl groups is 1. The van der Waals surface area contributed by atoms with Crippen molar-refractivity contribution in [3.05, 3.63) is 64.0 Å². The van der Waals surface area contributed by atoms with Crippen LogP contribution in [0, 0.1) is 15.9 Å². The van der Waals surface area contributed by atoms with Gasteiger partial charge in [0, 0.05) is 18.8 Å². The summed E-state index contributed by atoms with van der Waals surface area (Å²) in [5.41, 5.74) is -0.453. The van der Waals surface area contributed by atoms with Gasteiger partial charge < -0.3 is 10.0 Å². The lowest BCUT2D eigenvalue weighted by atomic mass is 10.1. The lowest BCUT2D eigenvalue weighted by Crippen LogP contribution is -2.27. The average Bonchev–Trinajstić information content (AvgIpc) is 2.45.